The molecule has 1 aliphatic heterocycles. The molecule has 2 N–H and O–H groups in total. The number of nitrogens with one attached hydrogen (secondary N) is 2. The fourth-order valence-electron chi connectivity index (χ4n) is 4.47. The molecular formula is C26H31N5OS. The first-order valence-electron chi connectivity index (χ1n) is 11.2. The van der Waals surface area contributed by atoms with E-state index in [0.717, 1.165) is 22.5 Å². The Bertz CT molecular complexity index is 1190. The minimum absolute atomic E-state index is 0.0208. The van der Waals surface area contributed by atoms with Gasteiger partial charge in [0.05, 0.1) is 17.8 Å². The number of anilines is 1. The topological polar surface area (TPSA) is 62.2 Å². The number of thiocarbonyl (C=S) groups is 1. The minimum atomic E-state index is -0.0821. The molecule has 7 heteroatoms. The van der Waals surface area contributed by atoms with Crippen molar-refractivity contribution in [1.29, 1.82) is 0 Å². The molecule has 0 bridgehead atoms. The highest BCUT2D eigenvalue weighted by atomic mass is 32.1. The summed E-state index contributed by atoms with van der Waals surface area (Å²) in [6.07, 6.45) is 2.14. The molecule has 2 aromatic heterocycles. The molecule has 1 amide bonds. The maximum absolute atomic E-state index is 12.8. The molecule has 1 aliphatic rings. The van der Waals surface area contributed by atoms with Crippen molar-refractivity contribution in [2.45, 2.75) is 46.2 Å². The van der Waals surface area contributed by atoms with Gasteiger partial charge in [-0.05, 0) is 80.9 Å². The minimum Gasteiger partial charge on any atom is -0.352 e. The monoisotopic (exact) mass is 461 g/mol. The van der Waals surface area contributed by atoms with E-state index in [-0.39, 0.29) is 18.0 Å². The Hall–Kier alpha value is -3.19. The molecule has 1 aromatic carbocycles. The highest BCUT2D eigenvalue weighted by Gasteiger charge is 2.41. The molecule has 0 spiro atoms. The van der Waals surface area contributed by atoms with Crippen LogP contribution in [0.3, 0.4) is 0 Å². The first-order valence-corrected chi connectivity index (χ1v) is 11.6. The third-order valence-corrected chi connectivity index (χ3v) is 6.93. The van der Waals surface area contributed by atoms with Crippen LogP contribution < -0.4 is 10.6 Å². The summed E-state index contributed by atoms with van der Waals surface area (Å²) in [6.45, 7) is 8.78. The first kappa shape index (κ1) is 23.0. The molecule has 1 fully saturated rings. The smallest absolute Gasteiger partial charge is 0.226 e. The Morgan fingerprint density at radius 2 is 1.94 bits per heavy atom. The lowest BCUT2D eigenvalue weighted by Gasteiger charge is -2.28. The van der Waals surface area contributed by atoms with E-state index in [9.17, 15) is 4.79 Å². The van der Waals surface area contributed by atoms with Gasteiger partial charge in [0.15, 0.2) is 5.11 Å². The van der Waals surface area contributed by atoms with Crippen LogP contribution in [0.5, 0.6) is 0 Å². The molecular weight excluding hydrogens is 430 g/mol. The summed E-state index contributed by atoms with van der Waals surface area (Å²) in [4.78, 5) is 19.6. The molecule has 172 valence electrons. The van der Waals surface area contributed by atoms with Crippen molar-refractivity contribution in [2.75, 3.05) is 11.9 Å². The van der Waals surface area contributed by atoms with E-state index in [1.165, 1.54) is 17.0 Å². The van der Waals surface area contributed by atoms with Crippen molar-refractivity contribution in [1.82, 2.24) is 19.8 Å². The van der Waals surface area contributed by atoms with E-state index in [2.05, 4.69) is 52.0 Å². The molecule has 3 aromatic rings. The number of hydrogen-bond acceptors (Lipinski definition) is 3. The van der Waals surface area contributed by atoms with E-state index in [0.29, 0.717) is 18.1 Å². The van der Waals surface area contributed by atoms with Crippen molar-refractivity contribution >= 4 is 28.9 Å². The van der Waals surface area contributed by atoms with Gasteiger partial charge in [0, 0.05) is 43.3 Å². The van der Waals surface area contributed by atoms with Crippen LogP contribution >= 0.6 is 12.2 Å². The van der Waals surface area contributed by atoms with Gasteiger partial charge in [-0.2, -0.15) is 0 Å². The quantitative estimate of drug-likeness (QED) is 0.523. The van der Waals surface area contributed by atoms with E-state index in [1.54, 1.807) is 6.20 Å². The van der Waals surface area contributed by atoms with E-state index in [1.807, 2.05) is 50.2 Å². The van der Waals surface area contributed by atoms with Crippen molar-refractivity contribution < 1.29 is 4.79 Å². The fraction of sp³-hybridized carbons (Fsp3) is 0.346. The summed E-state index contributed by atoms with van der Waals surface area (Å²) in [7, 11) is 2.08. The number of carbonyl (C=O) groups is 1. The Kier molecular flexibility index (Phi) is 6.51. The van der Waals surface area contributed by atoms with Crippen LogP contribution in [0.15, 0.2) is 48.7 Å². The highest BCUT2D eigenvalue weighted by Crippen LogP contribution is 2.40. The molecule has 0 unspecified atom stereocenters. The molecule has 0 saturated carbocycles. The number of amides is 1. The van der Waals surface area contributed by atoms with E-state index >= 15 is 0 Å². The zero-order chi connectivity index (χ0) is 23.7. The summed E-state index contributed by atoms with van der Waals surface area (Å²) in [5, 5.41) is 7.18. The average Bonchev–Trinajstić information content (AvgIpc) is 3.25. The standard InChI is InChI=1S/C26H31N5OS/c1-16-9-10-17(2)22(14-16)28-23(32)11-13-31-25(20-15-18(3)30(5)19(20)4)24(29-26(31)33)21-8-6-7-12-27-21/h6-10,12,14-15,24-25H,11,13H2,1-5H3,(H,28,32)(H,29,33)/t24-,25+/m0/s1. The van der Waals surface area contributed by atoms with Crippen LogP contribution in [-0.4, -0.2) is 32.0 Å². The lowest BCUT2D eigenvalue weighted by molar-refractivity contribution is -0.116. The van der Waals surface area contributed by atoms with E-state index < -0.39 is 0 Å². The number of aromatic nitrogens is 2. The molecule has 3 heterocycles. The van der Waals surface area contributed by atoms with Crippen molar-refractivity contribution in [2.24, 2.45) is 7.05 Å². The van der Waals surface area contributed by atoms with Crippen molar-refractivity contribution in [3.8, 4) is 0 Å². The Morgan fingerprint density at radius 3 is 2.61 bits per heavy atom. The van der Waals surface area contributed by atoms with Crippen LogP contribution in [0.25, 0.3) is 0 Å². The van der Waals surface area contributed by atoms with Gasteiger partial charge in [-0.3, -0.25) is 9.78 Å². The predicted molar refractivity (Wildman–Crippen MR) is 136 cm³/mol. The van der Waals surface area contributed by atoms with Gasteiger partial charge >= 0.3 is 0 Å². The largest absolute Gasteiger partial charge is 0.352 e. The van der Waals surface area contributed by atoms with Gasteiger partial charge in [0.2, 0.25) is 5.91 Å². The number of benzene rings is 1. The summed E-state index contributed by atoms with van der Waals surface area (Å²) in [5.74, 6) is -0.0208. The number of aryl methyl sites for hydroxylation is 3. The Morgan fingerprint density at radius 1 is 1.15 bits per heavy atom. The van der Waals surface area contributed by atoms with Crippen molar-refractivity contribution in [3.63, 3.8) is 0 Å². The first-order chi connectivity index (χ1) is 15.8. The Balaban J connectivity index is 1.58. The van der Waals surface area contributed by atoms with Gasteiger partial charge in [-0.25, -0.2) is 0 Å². The number of rotatable bonds is 6. The Labute approximate surface area is 201 Å². The lowest BCUT2D eigenvalue weighted by Crippen LogP contribution is -2.33. The maximum atomic E-state index is 12.8. The molecule has 33 heavy (non-hydrogen) atoms. The van der Waals surface area contributed by atoms with Gasteiger partial charge in [-0.15, -0.1) is 0 Å². The SMILES string of the molecule is Cc1ccc(C)c(NC(=O)CCN2C(=S)N[C@@H](c3ccccn3)[C@H]2c2cc(C)n(C)c2C)c1. The second-order valence-corrected chi connectivity index (χ2v) is 9.21. The van der Waals surface area contributed by atoms with Crippen LogP contribution in [0.4, 0.5) is 5.69 Å². The van der Waals surface area contributed by atoms with Crippen LogP contribution in [0.2, 0.25) is 0 Å². The zero-order valence-electron chi connectivity index (χ0n) is 19.8. The normalized spacial score (nSPS) is 17.8. The highest BCUT2D eigenvalue weighted by molar-refractivity contribution is 7.80. The molecule has 2 atom stereocenters. The maximum Gasteiger partial charge on any atom is 0.226 e. The van der Waals surface area contributed by atoms with Crippen molar-refractivity contribution in [3.05, 3.63) is 82.4 Å². The van der Waals surface area contributed by atoms with Gasteiger partial charge in [0.25, 0.3) is 0 Å². The zero-order valence-corrected chi connectivity index (χ0v) is 20.7. The van der Waals surface area contributed by atoms with Crippen LogP contribution in [-0.2, 0) is 11.8 Å². The van der Waals surface area contributed by atoms with Gasteiger partial charge in [-0.1, -0.05) is 18.2 Å². The summed E-state index contributed by atoms with van der Waals surface area (Å²) < 4.78 is 2.19. The van der Waals surface area contributed by atoms with Crippen LogP contribution in [0.1, 0.15) is 52.3 Å². The summed E-state index contributed by atoms with van der Waals surface area (Å²) in [6, 6.07) is 14.1. The van der Waals surface area contributed by atoms with Gasteiger partial charge < -0.3 is 20.1 Å². The molecule has 0 radical (unpaired) electrons. The molecule has 1 saturated heterocycles. The molecule has 0 aliphatic carbocycles. The van der Waals surface area contributed by atoms with Gasteiger partial charge in [0.1, 0.15) is 0 Å². The number of nitrogens with zero attached hydrogens (tertiary/aromatic N) is 3. The second kappa shape index (κ2) is 9.35. The summed E-state index contributed by atoms with van der Waals surface area (Å²) >= 11 is 5.75. The fourth-order valence-corrected chi connectivity index (χ4v) is 4.81. The second-order valence-electron chi connectivity index (χ2n) is 8.82. The number of carbonyl (C=O) groups excluding carboxylic acids is 1. The predicted octanol–water partition coefficient (Wildman–Crippen LogP) is 4.66. The average molecular weight is 462 g/mol. The molecule has 6 nitrogen and oxygen atoms in total. The lowest BCUT2D eigenvalue weighted by atomic mass is 9.96. The molecule has 4 rings (SSSR count). The third kappa shape index (κ3) is 4.64. The number of hydrogen-bond donors (Lipinski definition) is 2. The number of pyridine rings is 1. The third-order valence-electron chi connectivity index (χ3n) is 6.58. The van der Waals surface area contributed by atoms with Crippen LogP contribution in [0, 0.1) is 27.7 Å². The van der Waals surface area contributed by atoms with E-state index in [4.69, 9.17) is 12.2 Å². The summed E-state index contributed by atoms with van der Waals surface area (Å²) in [5.41, 5.74) is 7.55.